The van der Waals surface area contributed by atoms with Gasteiger partial charge in [-0.3, -0.25) is 4.99 Å². The van der Waals surface area contributed by atoms with E-state index in [0.717, 1.165) is 62.4 Å². The van der Waals surface area contributed by atoms with Gasteiger partial charge in [0, 0.05) is 56.6 Å². The van der Waals surface area contributed by atoms with E-state index in [1.807, 2.05) is 0 Å². The Morgan fingerprint density at radius 2 is 2.14 bits per heavy atom. The van der Waals surface area contributed by atoms with Crippen LogP contribution in [0.15, 0.2) is 34.6 Å². The lowest BCUT2D eigenvalue weighted by Gasteiger charge is -2.24. The van der Waals surface area contributed by atoms with Crippen molar-refractivity contribution in [3.05, 3.63) is 40.9 Å². The minimum atomic E-state index is 0. The van der Waals surface area contributed by atoms with Crippen LogP contribution in [0, 0.1) is 12.8 Å². The summed E-state index contributed by atoms with van der Waals surface area (Å²) < 4.78 is 5.49. The molecule has 3 rings (SSSR count). The van der Waals surface area contributed by atoms with Crippen molar-refractivity contribution in [1.29, 1.82) is 0 Å². The minimum absolute atomic E-state index is 0. The van der Waals surface area contributed by atoms with E-state index in [0.29, 0.717) is 5.92 Å². The van der Waals surface area contributed by atoms with Crippen LogP contribution in [0.4, 0.5) is 0 Å². The van der Waals surface area contributed by atoms with Gasteiger partial charge in [-0.25, -0.2) is 4.98 Å². The van der Waals surface area contributed by atoms with Gasteiger partial charge in [-0.05, 0) is 20.3 Å². The lowest BCUT2D eigenvalue weighted by molar-refractivity contribution is 0.181. The first-order valence-electron chi connectivity index (χ1n) is 9.74. The molecule has 0 bridgehead atoms. The molecule has 2 heterocycles. The Labute approximate surface area is 189 Å². The summed E-state index contributed by atoms with van der Waals surface area (Å²) in [5, 5.41) is 6.63. The molecule has 154 valence electrons. The summed E-state index contributed by atoms with van der Waals surface area (Å²) in [5.74, 6) is 1.58. The second kappa shape index (κ2) is 11.7. The van der Waals surface area contributed by atoms with E-state index in [1.54, 1.807) is 11.3 Å². The molecule has 1 saturated heterocycles. The van der Waals surface area contributed by atoms with Crippen molar-refractivity contribution in [2.75, 3.05) is 39.9 Å². The topological polar surface area (TPSA) is 49.8 Å². The Kier molecular flexibility index (Phi) is 9.67. The first-order chi connectivity index (χ1) is 13.2. The van der Waals surface area contributed by atoms with Crippen molar-refractivity contribution in [3.8, 4) is 10.6 Å². The maximum absolute atomic E-state index is 5.49. The van der Waals surface area contributed by atoms with Crippen LogP contribution >= 0.6 is 35.3 Å². The van der Waals surface area contributed by atoms with Crippen LogP contribution in [0.2, 0.25) is 0 Å². The summed E-state index contributed by atoms with van der Waals surface area (Å²) in [5.41, 5.74) is 3.57. The van der Waals surface area contributed by atoms with Gasteiger partial charge in [-0.2, -0.15) is 0 Å². The number of hydrogen-bond donors (Lipinski definition) is 1. The molecule has 1 N–H and O–H groups in total. The number of aryl methyl sites for hydroxylation is 1. The van der Waals surface area contributed by atoms with E-state index < -0.39 is 0 Å². The third kappa shape index (κ3) is 6.70. The van der Waals surface area contributed by atoms with E-state index in [-0.39, 0.29) is 24.0 Å². The zero-order chi connectivity index (χ0) is 19.1. The Morgan fingerprint density at radius 3 is 2.82 bits per heavy atom. The number of aliphatic imine (C=N–C) groups is 1. The van der Waals surface area contributed by atoms with E-state index in [9.17, 15) is 0 Å². The Balaban J connectivity index is 0.00000280. The van der Waals surface area contributed by atoms with Gasteiger partial charge in [0.05, 0.1) is 12.3 Å². The van der Waals surface area contributed by atoms with Gasteiger partial charge in [-0.1, -0.05) is 29.8 Å². The number of rotatable bonds is 7. The zero-order valence-electron chi connectivity index (χ0n) is 17.0. The molecule has 28 heavy (non-hydrogen) atoms. The molecule has 1 unspecified atom stereocenters. The molecule has 1 fully saturated rings. The second-order valence-corrected chi connectivity index (χ2v) is 7.96. The Bertz CT molecular complexity index is 741. The van der Waals surface area contributed by atoms with Crippen molar-refractivity contribution in [2.45, 2.75) is 26.7 Å². The maximum Gasteiger partial charge on any atom is 0.193 e. The maximum atomic E-state index is 5.49. The molecule has 1 aromatic carbocycles. The van der Waals surface area contributed by atoms with Gasteiger partial charge in [0.2, 0.25) is 0 Å². The van der Waals surface area contributed by atoms with Crippen molar-refractivity contribution in [2.24, 2.45) is 10.9 Å². The third-order valence-corrected chi connectivity index (χ3v) is 5.67. The SMILES string of the molecule is CCNC(=NCCc1csc(-c2ccc(C)cc2)n1)N(C)CC1CCOC1.I. The number of thiazole rings is 1. The van der Waals surface area contributed by atoms with E-state index >= 15 is 0 Å². The van der Waals surface area contributed by atoms with Gasteiger partial charge in [-0.15, -0.1) is 35.3 Å². The normalized spacial score (nSPS) is 16.7. The predicted octanol–water partition coefficient (Wildman–Crippen LogP) is 4.21. The minimum Gasteiger partial charge on any atom is -0.381 e. The van der Waals surface area contributed by atoms with Gasteiger partial charge in [0.1, 0.15) is 5.01 Å². The van der Waals surface area contributed by atoms with Crippen molar-refractivity contribution in [1.82, 2.24) is 15.2 Å². The van der Waals surface area contributed by atoms with Crippen LogP contribution in [0.1, 0.15) is 24.6 Å². The summed E-state index contributed by atoms with van der Waals surface area (Å²) in [6.07, 6.45) is 2.00. The summed E-state index contributed by atoms with van der Waals surface area (Å²) in [4.78, 5) is 11.8. The number of nitrogens with one attached hydrogen (secondary N) is 1. The highest BCUT2D eigenvalue weighted by molar-refractivity contribution is 14.0. The molecule has 5 nitrogen and oxygen atoms in total. The number of guanidine groups is 1. The molecule has 0 spiro atoms. The standard InChI is InChI=1S/C21H30N4OS.HI/c1-4-22-21(25(3)13-17-10-12-26-14-17)23-11-9-19-15-27-20(24-19)18-7-5-16(2)6-8-18;/h5-8,15,17H,4,9-14H2,1-3H3,(H,22,23);1H. The van der Waals surface area contributed by atoms with E-state index in [4.69, 9.17) is 14.7 Å². The molecule has 2 aromatic rings. The number of halogens is 1. The Hall–Kier alpha value is -1.19. The van der Waals surface area contributed by atoms with Crippen LogP contribution < -0.4 is 5.32 Å². The van der Waals surface area contributed by atoms with Crippen LogP contribution in [-0.4, -0.2) is 55.7 Å². The molecular weight excluding hydrogens is 483 g/mol. The quantitative estimate of drug-likeness (QED) is 0.342. The van der Waals surface area contributed by atoms with Crippen LogP contribution in [0.3, 0.4) is 0 Å². The smallest absolute Gasteiger partial charge is 0.193 e. The zero-order valence-corrected chi connectivity index (χ0v) is 20.1. The average Bonchev–Trinajstić information content (AvgIpc) is 3.34. The van der Waals surface area contributed by atoms with Crippen LogP contribution in [0.25, 0.3) is 10.6 Å². The fourth-order valence-corrected chi connectivity index (χ4v) is 4.06. The molecule has 0 radical (unpaired) electrons. The lowest BCUT2D eigenvalue weighted by Crippen LogP contribution is -2.41. The summed E-state index contributed by atoms with van der Waals surface area (Å²) in [6, 6.07) is 8.55. The highest BCUT2D eigenvalue weighted by Crippen LogP contribution is 2.24. The fourth-order valence-electron chi connectivity index (χ4n) is 3.20. The van der Waals surface area contributed by atoms with Gasteiger partial charge >= 0.3 is 0 Å². The monoisotopic (exact) mass is 514 g/mol. The average molecular weight is 514 g/mol. The summed E-state index contributed by atoms with van der Waals surface area (Å²) >= 11 is 1.71. The Morgan fingerprint density at radius 1 is 1.36 bits per heavy atom. The largest absolute Gasteiger partial charge is 0.381 e. The molecule has 0 amide bonds. The van der Waals surface area contributed by atoms with Gasteiger partial charge in [0.25, 0.3) is 0 Å². The van der Waals surface area contributed by atoms with Crippen LogP contribution in [0.5, 0.6) is 0 Å². The number of hydrogen-bond acceptors (Lipinski definition) is 4. The molecule has 1 aliphatic heterocycles. The second-order valence-electron chi connectivity index (χ2n) is 7.11. The van der Waals surface area contributed by atoms with Gasteiger partial charge < -0.3 is 15.0 Å². The molecule has 1 aliphatic rings. The fraction of sp³-hybridized carbons (Fsp3) is 0.524. The summed E-state index contributed by atoms with van der Waals surface area (Å²) in [7, 11) is 2.11. The molecule has 1 atom stereocenters. The lowest BCUT2D eigenvalue weighted by atomic mass is 10.1. The highest BCUT2D eigenvalue weighted by atomic mass is 127. The molecular formula is C21H31IN4OS. The summed E-state index contributed by atoms with van der Waals surface area (Å²) in [6.45, 7) is 8.57. The third-order valence-electron chi connectivity index (χ3n) is 4.73. The van der Waals surface area contributed by atoms with Crippen molar-refractivity contribution >= 4 is 41.3 Å². The molecule has 0 saturated carbocycles. The van der Waals surface area contributed by atoms with E-state index in [1.165, 1.54) is 11.1 Å². The number of ether oxygens (including phenoxy) is 1. The van der Waals surface area contributed by atoms with E-state index in [2.05, 4.69) is 60.8 Å². The number of aromatic nitrogens is 1. The first kappa shape index (κ1) is 23.1. The number of nitrogens with zero attached hydrogens (tertiary/aromatic N) is 3. The molecule has 0 aliphatic carbocycles. The van der Waals surface area contributed by atoms with Crippen LogP contribution in [-0.2, 0) is 11.2 Å². The molecule has 1 aromatic heterocycles. The highest BCUT2D eigenvalue weighted by Gasteiger charge is 2.19. The van der Waals surface area contributed by atoms with Gasteiger partial charge in [0.15, 0.2) is 5.96 Å². The van der Waals surface area contributed by atoms with Crippen molar-refractivity contribution < 1.29 is 4.74 Å². The molecule has 7 heteroatoms. The predicted molar refractivity (Wildman–Crippen MR) is 129 cm³/mol. The number of benzene rings is 1. The van der Waals surface area contributed by atoms with Crippen molar-refractivity contribution in [3.63, 3.8) is 0 Å². The first-order valence-corrected chi connectivity index (χ1v) is 10.6.